The quantitative estimate of drug-likeness (QED) is 0.218. The van der Waals surface area contributed by atoms with Crippen LogP contribution in [0.4, 0.5) is 34.5 Å². The zero-order valence-electron chi connectivity index (χ0n) is 26.2. The van der Waals surface area contributed by atoms with Gasteiger partial charge in [-0.2, -0.15) is 4.98 Å². The molecule has 44 heavy (non-hydrogen) atoms. The lowest BCUT2D eigenvalue weighted by molar-refractivity contribution is -0.111. The number of rotatable bonds is 14. The summed E-state index contributed by atoms with van der Waals surface area (Å²) in [7, 11) is 10.8. The maximum absolute atomic E-state index is 12.4. The zero-order chi connectivity index (χ0) is 31.6. The first-order valence-electron chi connectivity index (χ1n) is 14.2. The number of carbonyl (C=O) groups excluding carboxylic acids is 1. The Morgan fingerprint density at radius 1 is 1.00 bits per heavy atom. The molecule has 4 rings (SSSR count). The molecule has 0 bridgehead atoms. The molecule has 3 aromatic rings. The summed E-state index contributed by atoms with van der Waals surface area (Å²) in [4.78, 5) is 26.0. The molecule has 234 valence electrons. The van der Waals surface area contributed by atoms with E-state index in [1.807, 2.05) is 45.4 Å². The van der Waals surface area contributed by atoms with Gasteiger partial charge in [-0.1, -0.05) is 12.7 Å². The highest BCUT2D eigenvalue weighted by atomic mass is 16.5. The van der Waals surface area contributed by atoms with Crippen LogP contribution in [0.25, 0.3) is 5.57 Å². The molecule has 1 aliphatic rings. The molecule has 0 fully saturated rings. The van der Waals surface area contributed by atoms with Gasteiger partial charge in [0, 0.05) is 44.0 Å². The predicted octanol–water partition coefficient (Wildman–Crippen LogP) is 4.92. The molecule has 2 aromatic carbocycles. The SMILES string of the molecule is C=CC(=O)Nc1cc(Nc2ncc(C3=CCOCC3)c(Nc3ccc(OC)cc3OC)n2)c(OC)cc1N(C)CCN(C)C. The van der Waals surface area contributed by atoms with E-state index in [4.69, 9.17) is 23.9 Å². The van der Waals surface area contributed by atoms with Crippen LogP contribution in [-0.2, 0) is 9.53 Å². The summed E-state index contributed by atoms with van der Waals surface area (Å²) < 4.78 is 22.3. The maximum Gasteiger partial charge on any atom is 0.247 e. The van der Waals surface area contributed by atoms with Crippen LogP contribution in [0.15, 0.2) is 55.3 Å². The van der Waals surface area contributed by atoms with Gasteiger partial charge in [0.2, 0.25) is 11.9 Å². The van der Waals surface area contributed by atoms with Crippen LogP contribution >= 0.6 is 0 Å². The van der Waals surface area contributed by atoms with Gasteiger partial charge in [-0.3, -0.25) is 4.79 Å². The van der Waals surface area contributed by atoms with Crippen LogP contribution in [0.5, 0.6) is 17.2 Å². The zero-order valence-corrected chi connectivity index (χ0v) is 26.2. The van der Waals surface area contributed by atoms with Gasteiger partial charge in [0.25, 0.3) is 0 Å². The van der Waals surface area contributed by atoms with Gasteiger partial charge < -0.3 is 44.7 Å². The number of nitrogens with one attached hydrogen (secondary N) is 3. The molecule has 0 atom stereocenters. The molecular weight excluding hydrogens is 562 g/mol. The van der Waals surface area contributed by atoms with Crippen molar-refractivity contribution in [2.75, 3.05) is 89.6 Å². The monoisotopic (exact) mass is 603 g/mol. The number of carbonyl (C=O) groups is 1. The van der Waals surface area contributed by atoms with E-state index < -0.39 is 0 Å². The predicted molar refractivity (Wildman–Crippen MR) is 175 cm³/mol. The molecule has 2 heterocycles. The fourth-order valence-electron chi connectivity index (χ4n) is 4.60. The lowest BCUT2D eigenvalue weighted by atomic mass is 10.0. The van der Waals surface area contributed by atoms with Gasteiger partial charge in [-0.25, -0.2) is 4.98 Å². The summed E-state index contributed by atoms with van der Waals surface area (Å²) in [5.74, 6) is 2.41. The minimum Gasteiger partial charge on any atom is -0.497 e. The second-order valence-electron chi connectivity index (χ2n) is 10.3. The van der Waals surface area contributed by atoms with Crippen molar-refractivity contribution < 1.29 is 23.7 Å². The van der Waals surface area contributed by atoms with Crippen LogP contribution in [-0.4, -0.2) is 89.6 Å². The molecule has 3 N–H and O–H groups in total. The lowest BCUT2D eigenvalue weighted by Crippen LogP contribution is -2.29. The van der Waals surface area contributed by atoms with E-state index in [2.05, 4.69) is 37.3 Å². The minimum absolute atomic E-state index is 0.324. The van der Waals surface area contributed by atoms with Crippen molar-refractivity contribution in [1.29, 1.82) is 0 Å². The number of methoxy groups -OCH3 is 3. The highest BCUT2D eigenvalue weighted by Crippen LogP contribution is 2.39. The first kappa shape index (κ1) is 32.1. The molecule has 0 aliphatic carbocycles. The average Bonchev–Trinajstić information content (AvgIpc) is 3.04. The Morgan fingerprint density at radius 2 is 1.77 bits per heavy atom. The van der Waals surface area contributed by atoms with Crippen molar-refractivity contribution in [3.63, 3.8) is 0 Å². The average molecular weight is 604 g/mol. The molecule has 0 radical (unpaired) electrons. The van der Waals surface area contributed by atoms with E-state index >= 15 is 0 Å². The Labute approximate surface area is 258 Å². The number of nitrogens with zero attached hydrogens (tertiary/aromatic N) is 4. The number of ether oxygens (including phenoxy) is 4. The van der Waals surface area contributed by atoms with Gasteiger partial charge in [0.05, 0.1) is 57.3 Å². The summed E-state index contributed by atoms with van der Waals surface area (Å²) in [6.07, 6.45) is 5.78. The van der Waals surface area contributed by atoms with Crippen molar-refractivity contribution in [3.05, 3.63) is 60.8 Å². The summed E-state index contributed by atoms with van der Waals surface area (Å²) in [5, 5.41) is 9.63. The van der Waals surface area contributed by atoms with Crippen LogP contribution < -0.4 is 35.1 Å². The number of hydrogen-bond donors (Lipinski definition) is 3. The third kappa shape index (κ3) is 7.97. The van der Waals surface area contributed by atoms with Gasteiger partial charge in [0.1, 0.15) is 23.1 Å². The Kier molecular flexibility index (Phi) is 11.0. The highest BCUT2D eigenvalue weighted by Gasteiger charge is 2.19. The largest absolute Gasteiger partial charge is 0.497 e. The van der Waals surface area contributed by atoms with Gasteiger partial charge in [-0.15, -0.1) is 0 Å². The van der Waals surface area contributed by atoms with Crippen LogP contribution in [0.3, 0.4) is 0 Å². The molecule has 12 nitrogen and oxygen atoms in total. The first-order chi connectivity index (χ1) is 21.3. The number of amides is 1. The van der Waals surface area contributed by atoms with E-state index in [9.17, 15) is 4.79 Å². The second-order valence-corrected chi connectivity index (χ2v) is 10.3. The van der Waals surface area contributed by atoms with Crippen molar-refractivity contribution in [2.24, 2.45) is 0 Å². The smallest absolute Gasteiger partial charge is 0.247 e. The van der Waals surface area contributed by atoms with Crippen molar-refractivity contribution in [3.8, 4) is 17.2 Å². The normalized spacial score (nSPS) is 12.7. The second kappa shape index (κ2) is 15.1. The Balaban J connectivity index is 1.74. The van der Waals surface area contributed by atoms with E-state index in [1.54, 1.807) is 39.7 Å². The van der Waals surface area contributed by atoms with E-state index in [1.165, 1.54) is 6.08 Å². The van der Waals surface area contributed by atoms with Crippen molar-refractivity contribution >= 4 is 46.0 Å². The summed E-state index contributed by atoms with van der Waals surface area (Å²) in [5.41, 5.74) is 4.59. The lowest BCUT2D eigenvalue weighted by Gasteiger charge is -2.26. The molecule has 0 unspecified atom stereocenters. The van der Waals surface area contributed by atoms with Gasteiger partial charge in [0.15, 0.2) is 0 Å². The van der Waals surface area contributed by atoms with Gasteiger partial charge in [-0.05, 0) is 50.4 Å². The summed E-state index contributed by atoms with van der Waals surface area (Å²) in [6.45, 7) is 6.29. The first-order valence-corrected chi connectivity index (χ1v) is 14.2. The Morgan fingerprint density at radius 3 is 2.43 bits per heavy atom. The highest BCUT2D eigenvalue weighted by molar-refractivity contribution is 6.02. The Bertz CT molecular complexity index is 1510. The standard InChI is InChI=1S/C32H41N7O5/c1-8-30(40)34-25-18-26(29(43-7)19-27(25)39(4)14-13-38(2)3)36-32-33-20-23(21-11-15-44-16-12-21)31(37-32)35-24-10-9-22(41-5)17-28(24)42-6/h8-11,17-20H,1,12-16H2,2-7H3,(H,34,40)(H2,33,35,36,37). The van der Waals surface area contributed by atoms with Gasteiger partial charge >= 0.3 is 0 Å². The number of anilines is 6. The molecule has 1 amide bonds. The fourth-order valence-corrected chi connectivity index (χ4v) is 4.60. The van der Waals surface area contributed by atoms with Crippen molar-refractivity contribution in [1.82, 2.24) is 14.9 Å². The van der Waals surface area contributed by atoms with Crippen LogP contribution in [0.1, 0.15) is 12.0 Å². The summed E-state index contributed by atoms with van der Waals surface area (Å²) >= 11 is 0. The number of aromatic nitrogens is 2. The molecule has 0 saturated heterocycles. The minimum atomic E-state index is -0.325. The maximum atomic E-state index is 12.4. The molecule has 1 aliphatic heterocycles. The molecular formula is C32H41N7O5. The third-order valence-corrected chi connectivity index (χ3v) is 7.06. The number of hydrogen-bond acceptors (Lipinski definition) is 11. The third-order valence-electron chi connectivity index (χ3n) is 7.06. The molecule has 1 aromatic heterocycles. The van der Waals surface area contributed by atoms with E-state index in [0.717, 1.165) is 36.3 Å². The van der Waals surface area contributed by atoms with E-state index in [0.29, 0.717) is 59.3 Å². The molecule has 0 spiro atoms. The fraction of sp³-hybridized carbons (Fsp3) is 0.344. The summed E-state index contributed by atoms with van der Waals surface area (Å²) in [6, 6.07) is 9.20. The van der Waals surface area contributed by atoms with Crippen LogP contribution in [0.2, 0.25) is 0 Å². The number of benzene rings is 2. The van der Waals surface area contributed by atoms with E-state index in [-0.39, 0.29) is 5.91 Å². The topological polar surface area (TPSA) is 122 Å². The Hall–Kier alpha value is -4.81. The van der Waals surface area contributed by atoms with Crippen LogP contribution in [0, 0.1) is 0 Å². The molecule has 0 saturated carbocycles. The number of likely N-dealkylation sites (N-methyl/N-ethyl adjacent to an activating group) is 2. The van der Waals surface area contributed by atoms with Crippen molar-refractivity contribution in [2.45, 2.75) is 6.42 Å². The molecule has 12 heteroatoms.